The molecule has 0 amide bonds. The molecule has 3 N–H and O–H groups in total. The van der Waals surface area contributed by atoms with Gasteiger partial charge in [0.05, 0.1) is 10.7 Å². The van der Waals surface area contributed by atoms with Crippen molar-refractivity contribution in [3.63, 3.8) is 0 Å². The Kier molecular flexibility index (Phi) is 6.56. The molecule has 0 aliphatic carbocycles. The molecule has 4 rings (SSSR count). The zero-order valence-electron chi connectivity index (χ0n) is 15.8. The summed E-state index contributed by atoms with van der Waals surface area (Å²) in [4.78, 5) is 21.5. The van der Waals surface area contributed by atoms with E-state index in [4.69, 9.17) is 21.8 Å². The molecular formula is C22H23ClN2O4. The van der Waals surface area contributed by atoms with Crippen LogP contribution < -0.4 is 10.2 Å². The first-order chi connectivity index (χ1) is 13.9. The summed E-state index contributed by atoms with van der Waals surface area (Å²) in [7, 11) is 0. The van der Waals surface area contributed by atoms with Gasteiger partial charge < -0.3 is 20.4 Å². The third-order valence-electron chi connectivity index (χ3n) is 5.30. The zero-order chi connectivity index (χ0) is 20.9. The third kappa shape index (κ3) is 4.78. The van der Waals surface area contributed by atoms with Gasteiger partial charge in [0.15, 0.2) is 0 Å². The molecule has 0 aromatic heterocycles. The SMILES string of the molecule is Clc1ccccc1N1CC2(CCNCC2)c2ccccc21.O=C(O)/C=C\C(=O)O. The molecule has 2 aliphatic rings. The van der Waals surface area contributed by atoms with Crippen LogP contribution in [0.2, 0.25) is 5.02 Å². The van der Waals surface area contributed by atoms with Crippen molar-refractivity contribution in [3.8, 4) is 0 Å². The van der Waals surface area contributed by atoms with Crippen molar-refractivity contribution < 1.29 is 19.8 Å². The van der Waals surface area contributed by atoms with Crippen molar-refractivity contribution in [1.29, 1.82) is 0 Å². The lowest BCUT2D eigenvalue weighted by atomic mass is 9.75. The lowest BCUT2D eigenvalue weighted by Gasteiger charge is -2.35. The fourth-order valence-corrected chi connectivity index (χ4v) is 4.23. The molecule has 6 nitrogen and oxygen atoms in total. The number of rotatable bonds is 3. The number of piperidine rings is 1. The molecule has 2 heterocycles. The number of carbonyl (C=O) groups is 2. The van der Waals surface area contributed by atoms with Gasteiger partial charge in [-0.15, -0.1) is 0 Å². The second kappa shape index (κ2) is 9.11. The van der Waals surface area contributed by atoms with Gasteiger partial charge in [-0.1, -0.05) is 41.9 Å². The van der Waals surface area contributed by atoms with Gasteiger partial charge in [-0.3, -0.25) is 0 Å². The van der Waals surface area contributed by atoms with Crippen LogP contribution in [0.1, 0.15) is 18.4 Å². The number of anilines is 2. The maximum absolute atomic E-state index is 9.55. The Bertz CT molecular complexity index is 907. The fraction of sp³-hybridized carbons (Fsp3) is 0.273. The van der Waals surface area contributed by atoms with Crippen LogP contribution in [0.4, 0.5) is 11.4 Å². The summed E-state index contributed by atoms with van der Waals surface area (Å²) in [5.41, 5.74) is 4.22. The lowest BCUT2D eigenvalue weighted by molar-refractivity contribution is -0.134. The molecule has 0 radical (unpaired) electrons. The maximum atomic E-state index is 9.55. The quantitative estimate of drug-likeness (QED) is 0.661. The van der Waals surface area contributed by atoms with Crippen molar-refractivity contribution in [2.45, 2.75) is 18.3 Å². The van der Waals surface area contributed by atoms with E-state index in [1.807, 2.05) is 12.1 Å². The fourth-order valence-electron chi connectivity index (χ4n) is 3.99. The molecule has 1 saturated heterocycles. The summed E-state index contributed by atoms with van der Waals surface area (Å²) < 4.78 is 0. The van der Waals surface area contributed by atoms with E-state index in [-0.39, 0.29) is 5.41 Å². The van der Waals surface area contributed by atoms with Crippen LogP contribution in [0.5, 0.6) is 0 Å². The Balaban J connectivity index is 0.000000258. The number of hydrogen-bond acceptors (Lipinski definition) is 4. The number of benzene rings is 2. The van der Waals surface area contributed by atoms with Gasteiger partial charge in [-0.2, -0.15) is 0 Å². The first kappa shape index (κ1) is 20.9. The number of aliphatic carboxylic acids is 2. The Morgan fingerprint density at radius 1 is 0.931 bits per heavy atom. The zero-order valence-corrected chi connectivity index (χ0v) is 16.6. The summed E-state index contributed by atoms with van der Waals surface area (Å²) in [5.74, 6) is -2.51. The predicted molar refractivity (Wildman–Crippen MR) is 113 cm³/mol. The minimum atomic E-state index is -1.26. The highest BCUT2D eigenvalue weighted by Gasteiger charge is 2.43. The molecule has 0 saturated carbocycles. The number of nitrogens with zero attached hydrogens (tertiary/aromatic N) is 1. The molecule has 2 aromatic rings. The van der Waals surface area contributed by atoms with E-state index in [0.29, 0.717) is 12.2 Å². The Labute approximate surface area is 174 Å². The number of carboxylic acid groups (broad SMARTS) is 2. The van der Waals surface area contributed by atoms with Gasteiger partial charge >= 0.3 is 11.9 Å². The van der Waals surface area contributed by atoms with E-state index in [2.05, 4.69) is 46.6 Å². The van der Waals surface area contributed by atoms with E-state index in [1.54, 1.807) is 0 Å². The Morgan fingerprint density at radius 3 is 2.07 bits per heavy atom. The van der Waals surface area contributed by atoms with Crippen molar-refractivity contribution >= 4 is 34.9 Å². The van der Waals surface area contributed by atoms with E-state index in [9.17, 15) is 9.59 Å². The first-order valence-electron chi connectivity index (χ1n) is 9.39. The maximum Gasteiger partial charge on any atom is 0.328 e. The predicted octanol–water partition coefficient (Wildman–Crippen LogP) is 3.82. The molecular weight excluding hydrogens is 392 g/mol. The number of hydrogen-bond donors (Lipinski definition) is 3. The number of fused-ring (bicyclic) bond motifs is 2. The van der Waals surface area contributed by atoms with Gasteiger partial charge in [0.2, 0.25) is 0 Å². The minimum Gasteiger partial charge on any atom is -0.478 e. The second-order valence-corrected chi connectivity index (χ2v) is 7.50. The molecule has 152 valence electrons. The van der Waals surface area contributed by atoms with Gasteiger partial charge in [-0.05, 0) is 49.7 Å². The highest BCUT2D eigenvalue weighted by atomic mass is 35.5. The van der Waals surface area contributed by atoms with Gasteiger partial charge in [0.1, 0.15) is 0 Å². The molecule has 2 aromatic carbocycles. The Hall–Kier alpha value is -2.83. The number of carboxylic acids is 2. The van der Waals surface area contributed by atoms with E-state index >= 15 is 0 Å². The van der Waals surface area contributed by atoms with E-state index in [0.717, 1.165) is 30.3 Å². The average Bonchev–Trinajstić information content (AvgIpc) is 3.02. The van der Waals surface area contributed by atoms with Crippen LogP contribution >= 0.6 is 11.6 Å². The van der Waals surface area contributed by atoms with Crippen molar-refractivity contribution in [2.24, 2.45) is 0 Å². The highest BCUT2D eigenvalue weighted by Crippen LogP contribution is 2.49. The van der Waals surface area contributed by atoms with Crippen LogP contribution in [0, 0.1) is 0 Å². The molecule has 2 aliphatic heterocycles. The van der Waals surface area contributed by atoms with Crippen LogP contribution in [-0.4, -0.2) is 41.8 Å². The van der Waals surface area contributed by atoms with E-state index in [1.165, 1.54) is 24.1 Å². The van der Waals surface area contributed by atoms with Crippen LogP contribution in [0.15, 0.2) is 60.7 Å². The summed E-state index contributed by atoms with van der Waals surface area (Å²) in [6.07, 6.45) is 3.51. The van der Waals surface area contributed by atoms with Crippen molar-refractivity contribution in [2.75, 3.05) is 24.5 Å². The second-order valence-electron chi connectivity index (χ2n) is 7.09. The summed E-state index contributed by atoms with van der Waals surface area (Å²) in [6, 6.07) is 17.0. The van der Waals surface area contributed by atoms with E-state index < -0.39 is 11.9 Å². The summed E-state index contributed by atoms with van der Waals surface area (Å²) in [5, 5.41) is 19.9. The molecule has 1 spiro atoms. The summed E-state index contributed by atoms with van der Waals surface area (Å²) >= 11 is 6.44. The monoisotopic (exact) mass is 414 g/mol. The molecule has 0 atom stereocenters. The third-order valence-corrected chi connectivity index (χ3v) is 5.62. The normalized spacial score (nSPS) is 16.9. The molecule has 1 fully saturated rings. The number of para-hydroxylation sites is 2. The van der Waals surface area contributed by atoms with Crippen LogP contribution in [-0.2, 0) is 15.0 Å². The first-order valence-corrected chi connectivity index (χ1v) is 9.77. The standard InChI is InChI=1S/C18H19ClN2.C4H4O4/c19-15-6-2-4-8-17(15)21-13-18(9-11-20-12-10-18)14-5-1-3-7-16(14)21;5-3(6)1-2-4(7)8/h1-8,20H,9-13H2;1-2H,(H,5,6)(H,7,8)/b;2-1-. The van der Waals surface area contributed by atoms with Gasteiger partial charge in [0, 0.05) is 29.8 Å². The smallest absolute Gasteiger partial charge is 0.328 e. The van der Waals surface area contributed by atoms with Crippen LogP contribution in [0.25, 0.3) is 0 Å². The number of nitrogens with one attached hydrogen (secondary N) is 1. The van der Waals surface area contributed by atoms with Crippen LogP contribution in [0.3, 0.4) is 0 Å². The molecule has 0 unspecified atom stereocenters. The van der Waals surface area contributed by atoms with Crippen molar-refractivity contribution in [1.82, 2.24) is 5.32 Å². The minimum absolute atomic E-state index is 0.279. The summed E-state index contributed by atoms with van der Waals surface area (Å²) in [6.45, 7) is 3.24. The molecule has 29 heavy (non-hydrogen) atoms. The van der Waals surface area contributed by atoms with Crippen molar-refractivity contribution in [3.05, 3.63) is 71.3 Å². The largest absolute Gasteiger partial charge is 0.478 e. The molecule has 7 heteroatoms. The topological polar surface area (TPSA) is 89.9 Å². The van der Waals surface area contributed by atoms with Gasteiger partial charge in [0.25, 0.3) is 0 Å². The highest BCUT2D eigenvalue weighted by molar-refractivity contribution is 6.33. The Morgan fingerprint density at radius 2 is 1.48 bits per heavy atom. The average molecular weight is 415 g/mol. The molecule has 0 bridgehead atoms. The lowest BCUT2D eigenvalue weighted by Crippen LogP contribution is -2.42. The van der Waals surface area contributed by atoms with Gasteiger partial charge in [-0.25, -0.2) is 9.59 Å². The number of halogens is 1.